The molecular formula is C23H27Cl3N2O2. The lowest BCUT2D eigenvalue weighted by Gasteiger charge is -2.31. The van der Waals surface area contributed by atoms with Gasteiger partial charge in [0.25, 0.3) is 0 Å². The van der Waals surface area contributed by atoms with Crippen LogP contribution in [0.25, 0.3) is 0 Å². The molecule has 30 heavy (non-hydrogen) atoms. The second kappa shape index (κ2) is 11.6. The number of halogens is 3. The van der Waals surface area contributed by atoms with Crippen molar-refractivity contribution >= 4 is 46.6 Å². The standard InChI is InChI=1S/C23H27Cl3N2O2/c1-4-21(23(30)27-13-15(2)3)28(14-16-5-8-18(24)9-6-16)22(29)12-17-7-10-19(25)20(26)11-17/h5-11,15,21H,4,12-14H2,1-3H3,(H,27,30)/t21-/m1/s1. The Morgan fingerprint density at radius 2 is 1.60 bits per heavy atom. The minimum Gasteiger partial charge on any atom is -0.354 e. The number of rotatable bonds is 9. The van der Waals surface area contributed by atoms with E-state index in [4.69, 9.17) is 34.8 Å². The summed E-state index contributed by atoms with van der Waals surface area (Å²) in [7, 11) is 0. The average Bonchev–Trinajstić information content (AvgIpc) is 2.70. The summed E-state index contributed by atoms with van der Waals surface area (Å²) in [6, 6.07) is 11.8. The second-order valence-corrected chi connectivity index (χ2v) is 8.89. The lowest BCUT2D eigenvalue weighted by Crippen LogP contribution is -2.50. The summed E-state index contributed by atoms with van der Waals surface area (Å²) < 4.78 is 0. The van der Waals surface area contributed by atoms with Crippen molar-refractivity contribution in [1.82, 2.24) is 10.2 Å². The highest BCUT2D eigenvalue weighted by atomic mass is 35.5. The van der Waals surface area contributed by atoms with Crippen LogP contribution >= 0.6 is 34.8 Å². The van der Waals surface area contributed by atoms with Crippen molar-refractivity contribution in [3.8, 4) is 0 Å². The summed E-state index contributed by atoms with van der Waals surface area (Å²) in [6.45, 7) is 6.83. The van der Waals surface area contributed by atoms with E-state index in [-0.39, 0.29) is 18.2 Å². The van der Waals surface area contributed by atoms with Gasteiger partial charge in [-0.2, -0.15) is 0 Å². The minimum absolute atomic E-state index is 0.123. The van der Waals surface area contributed by atoms with Crippen molar-refractivity contribution in [2.45, 2.75) is 46.2 Å². The molecule has 1 atom stereocenters. The van der Waals surface area contributed by atoms with Gasteiger partial charge in [-0.15, -0.1) is 0 Å². The Labute approximate surface area is 193 Å². The minimum atomic E-state index is -0.574. The van der Waals surface area contributed by atoms with E-state index < -0.39 is 6.04 Å². The second-order valence-electron chi connectivity index (χ2n) is 7.64. The Kier molecular flexibility index (Phi) is 9.47. The number of carbonyl (C=O) groups excluding carboxylic acids is 2. The van der Waals surface area contributed by atoms with Gasteiger partial charge in [0.1, 0.15) is 6.04 Å². The molecule has 0 unspecified atom stereocenters. The molecule has 2 amide bonds. The van der Waals surface area contributed by atoms with Crippen LogP contribution in [0.1, 0.15) is 38.3 Å². The predicted molar refractivity (Wildman–Crippen MR) is 124 cm³/mol. The molecule has 0 aliphatic carbocycles. The van der Waals surface area contributed by atoms with E-state index in [1.165, 1.54) is 0 Å². The van der Waals surface area contributed by atoms with Crippen molar-refractivity contribution in [2.24, 2.45) is 5.92 Å². The van der Waals surface area contributed by atoms with Crippen LogP contribution in [0.15, 0.2) is 42.5 Å². The first-order valence-electron chi connectivity index (χ1n) is 9.96. The molecule has 0 spiro atoms. The van der Waals surface area contributed by atoms with Crippen LogP contribution in [0.5, 0.6) is 0 Å². The van der Waals surface area contributed by atoms with Gasteiger partial charge in [0.15, 0.2) is 0 Å². The van der Waals surface area contributed by atoms with Gasteiger partial charge < -0.3 is 10.2 Å². The summed E-state index contributed by atoms with van der Waals surface area (Å²) >= 11 is 18.1. The molecule has 0 saturated carbocycles. The first kappa shape index (κ1) is 24.5. The third-order valence-electron chi connectivity index (χ3n) is 4.68. The highest BCUT2D eigenvalue weighted by Crippen LogP contribution is 2.24. The monoisotopic (exact) mass is 468 g/mol. The van der Waals surface area contributed by atoms with E-state index in [0.29, 0.717) is 40.5 Å². The van der Waals surface area contributed by atoms with Gasteiger partial charge in [-0.05, 0) is 47.7 Å². The molecule has 2 aromatic rings. The lowest BCUT2D eigenvalue weighted by molar-refractivity contribution is -0.141. The summed E-state index contributed by atoms with van der Waals surface area (Å²) in [4.78, 5) is 27.7. The molecule has 162 valence electrons. The third-order valence-corrected chi connectivity index (χ3v) is 5.67. The van der Waals surface area contributed by atoms with Crippen molar-refractivity contribution < 1.29 is 9.59 Å². The van der Waals surface area contributed by atoms with E-state index in [2.05, 4.69) is 5.32 Å². The highest BCUT2D eigenvalue weighted by molar-refractivity contribution is 6.42. The lowest BCUT2D eigenvalue weighted by atomic mass is 10.1. The van der Waals surface area contributed by atoms with E-state index in [0.717, 1.165) is 11.1 Å². The Morgan fingerprint density at radius 1 is 0.967 bits per heavy atom. The molecule has 0 heterocycles. The molecule has 2 aromatic carbocycles. The Balaban J connectivity index is 2.27. The van der Waals surface area contributed by atoms with Crippen molar-refractivity contribution in [2.75, 3.05) is 6.54 Å². The highest BCUT2D eigenvalue weighted by Gasteiger charge is 2.28. The van der Waals surface area contributed by atoms with Crippen LogP contribution in [-0.4, -0.2) is 29.3 Å². The fourth-order valence-corrected chi connectivity index (χ4v) is 3.50. The molecule has 0 saturated heterocycles. The van der Waals surface area contributed by atoms with Gasteiger partial charge in [0, 0.05) is 18.1 Å². The molecule has 1 N–H and O–H groups in total. The maximum absolute atomic E-state index is 13.3. The summed E-state index contributed by atoms with van der Waals surface area (Å²) in [5.74, 6) is 0.0145. The van der Waals surface area contributed by atoms with E-state index in [9.17, 15) is 9.59 Å². The fraction of sp³-hybridized carbons (Fsp3) is 0.391. The van der Waals surface area contributed by atoms with Crippen LogP contribution in [0.2, 0.25) is 15.1 Å². The number of amides is 2. The first-order chi connectivity index (χ1) is 14.2. The average molecular weight is 470 g/mol. The number of nitrogens with one attached hydrogen (secondary N) is 1. The molecule has 2 rings (SSSR count). The molecule has 7 heteroatoms. The van der Waals surface area contributed by atoms with Crippen LogP contribution in [0.4, 0.5) is 0 Å². The zero-order valence-electron chi connectivity index (χ0n) is 17.4. The number of hydrogen-bond donors (Lipinski definition) is 1. The molecule has 0 aliphatic heterocycles. The number of hydrogen-bond acceptors (Lipinski definition) is 2. The Bertz CT molecular complexity index is 869. The molecule has 0 bridgehead atoms. The molecular weight excluding hydrogens is 443 g/mol. The smallest absolute Gasteiger partial charge is 0.242 e. The van der Waals surface area contributed by atoms with Gasteiger partial charge >= 0.3 is 0 Å². The van der Waals surface area contributed by atoms with Crippen LogP contribution in [0.3, 0.4) is 0 Å². The topological polar surface area (TPSA) is 49.4 Å². The van der Waals surface area contributed by atoms with Gasteiger partial charge in [-0.25, -0.2) is 0 Å². The first-order valence-corrected chi connectivity index (χ1v) is 11.1. The maximum atomic E-state index is 13.3. The normalized spacial score (nSPS) is 12.0. The maximum Gasteiger partial charge on any atom is 0.242 e. The van der Waals surface area contributed by atoms with Gasteiger partial charge in [-0.1, -0.05) is 73.8 Å². The van der Waals surface area contributed by atoms with Gasteiger partial charge in [0.2, 0.25) is 11.8 Å². The van der Waals surface area contributed by atoms with Gasteiger partial charge in [-0.3, -0.25) is 9.59 Å². The SMILES string of the molecule is CC[C@H](C(=O)NCC(C)C)N(Cc1ccc(Cl)cc1)C(=O)Cc1ccc(Cl)c(Cl)c1. The third kappa shape index (κ3) is 7.19. The fourth-order valence-electron chi connectivity index (χ4n) is 3.05. The van der Waals surface area contributed by atoms with E-state index >= 15 is 0 Å². The molecule has 4 nitrogen and oxygen atoms in total. The number of carbonyl (C=O) groups is 2. The quantitative estimate of drug-likeness (QED) is 0.507. The van der Waals surface area contributed by atoms with Crippen LogP contribution in [0, 0.1) is 5.92 Å². The molecule has 0 aromatic heterocycles. The Hall–Kier alpha value is -1.75. The zero-order chi connectivity index (χ0) is 22.3. The predicted octanol–water partition coefficient (Wildman–Crippen LogP) is 5.77. The van der Waals surface area contributed by atoms with E-state index in [1.807, 2.05) is 32.9 Å². The Morgan fingerprint density at radius 3 is 2.17 bits per heavy atom. The summed E-state index contributed by atoms with van der Waals surface area (Å²) in [5.41, 5.74) is 1.64. The molecule has 0 aliphatic rings. The number of nitrogens with zero attached hydrogens (tertiary/aromatic N) is 1. The molecule has 0 radical (unpaired) electrons. The van der Waals surface area contributed by atoms with Crippen molar-refractivity contribution in [3.63, 3.8) is 0 Å². The zero-order valence-corrected chi connectivity index (χ0v) is 19.7. The van der Waals surface area contributed by atoms with E-state index in [1.54, 1.807) is 35.2 Å². The van der Waals surface area contributed by atoms with Crippen molar-refractivity contribution in [3.05, 3.63) is 68.7 Å². The summed E-state index contributed by atoms with van der Waals surface area (Å²) in [5, 5.41) is 4.40. The summed E-state index contributed by atoms with van der Waals surface area (Å²) in [6.07, 6.45) is 0.628. The van der Waals surface area contributed by atoms with Gasteiger partial charge in [0.05, 0.1) is 16.5 Å². The van der Waals surface area contributed by atoms with Crippen molar-refractivity contribution in [1.29, 1.82) is 0 Å². The number of benzene rings is 2. The largest absolute Gasteiger partial charge is 0.354 e. The van der Waals surface area contributed by atoms with Crippen LogP contribution < -0.4 is 5.32 Å². The van der Waals surface area contributed by atoms with Crippen LogP contribution in [-0.2, 0) is 22.6 Å². The molecule has 0 fully saturated rings.